The first kappa shape index (κ1) is 18.2. The van der Waals surface area contributed by atoms with E-state index in [0.29, 0.717) is 28.9 Å². The van der Waals surface area contributed by atoms with Crippen LogP contribution >= 0.6 is 0 Å². The summed E-state index contributed by atoms with van der Waals surface area (Å²) >= 11 is 0. The van der Waals surface area contributed by atoms with Gasteiger partial charge in [-0.2, -0.15) is 4.98 Å². The van der Waals surface area contributed by atoms with Crippen LogP contribution in [-0.2, 0) is 4.79 Å². The number of hydrogen-bond acceptors (Lipinski definition) is 5. The smallest absolute Gasteiger partial charge is 0.260 e. The van der Waals surface area contributed by atoms with E-state index in [4.69, 9.17) is 9.26 Å². The quantitative estimate of drug-likeness (QED) is 0.671. The number of nitrogens with zero attached hydrogens (tertiary/aromatic N) is 3. The summed E-state index contributed by atoms with van der Waals surface area (Å²) in [6.07, 6.45) is 2.23. The Morgan fingerprint density at radius 3 is 2.79 bits per heavy atom. The molecule has 28 heavy (non-hydrogen) atoms. The minimum atomic E-state index is 0.00707. The van der Waals surface area contributed by atoms with Gasteiger partial charge < -0.3 is 14.2 Å². The van der Waals surface area contributed by atoms with E-state index in [-0.39, 0.29) is 12.5 Å². The maximum absolute atomic E-state index is 12.5. The number of ether oxygens (including phenoxy) is 1. The van der Waals surface area contributed by atoms with E-state index < -0.39 is 0 Å². The number of carbonyl (C=O) groups excluding carboxylic acids is 1. The normalized spacial score (nSPS) is 16.8. The Labute approximate surface area is 164 Å². The molecule has 0 N–H and O–H groups in total. The van der Waals surface area contributed by atoms with E-state index in [1.165, 1.54) is 6.42 Å². The van der Waals surface area contributed by atoms with Gasteiger partial charge in [-0.25, -0.2) is 0 Å². The molecule has 2 heterocycles. The molecule has 1 saturated heterocycles. The molecular weight excluding hydrogens is 354 g/mol. The van der Waals surface area contributed by atoms with Crippen molar-refractivity contribution in [3.63, 3.8) is 0 Å². The Hall–Kier alpha value is -3.15. The third-order valence-electron chi connectivity index (χ3n) is 4.94. The standard InChI is InChI=1S/C22H23N3O3/c1-16-8-7-13-25(14-16)20(26)15-27-19-12-6-5-11-18(19)21-23-22(28-24-21)17-9-3-2-4-10-17/h2-6,9-12,16H,7-8,13-15H2,1H3. The van der Waals surface area contributed by atoms with Gasteiger partial charge in [-0.05, 0) is 43.0 Å². The lowest BCUT2D eigenvalue weighted by Gasteiger charge is -2.30. The number of hydrogen-bond donors (Lipinski definition) is 0. The molecular formula is C22H23N3O3. The Morgan fingerprint density at radius 2 is 1.96 bits per heavy atom. The predicted molar refractivity (Wildman–Crippen MR) is 106 cm³/mol. The number of carbonyl (C=O) groups is 1. The van der Waals surface area contributed by atoms with Crippen molar-refractivity contribution in [1.29, 1.82) is 0 Å². The van der Waals surface area contributed by atoms with Gasteiger partial charge in [0.2, 0.25) is 5.82 Å². The Morgan fingerprint density at radius 1 is 1.18 bits per heavy atom. The van der Waals surface area contributed by atoms with E-state index in [1.807, 2.05) is 59.5 Å². The van der Waals surface area contributed by atoms with E-state index in [9.17, 15) is 4.79 Å². The van der Waals surface area contributed by atoms with Crippen molar-refractivity contribution in [1.82, 2.24) is 15.0 Å². The highest BCUT2D eigenvalue weighted by molar-refractivity contribution is 5.78. The zero-order chi connectivity index (χ0) is 19.3. The van der Waals surface area contributed by atoms with E-state index in [1.54, 1.807) is 0 Å². The molecule has 4 rings (SSSR count). The highest BCUT2D eigenvalue weighted by Gasteiger charge is 2.22. The maximum atomic E-state index is 12.5. The molecule has 0 radical (unpaired) electrons. The van der Waals surface area contributed by atoms with Crippen LogP contribution in [0.1, 0.15) is 19.8 Å². The van der Waals surface area contributed by atoms with Crippen LogP contribution in [0.15, 0.2) is 59.1 Å². The fourth-order valence-corrected chi connectivity index (χ4v) is 3.45. The van der Waals surface area contributed by atoms with Gasteiger partial charge in [0.15, 0.2) is 6.61 Å². The molecule has 6 nitrogen and oxygen atoms in total. The van der Waals surface area contributed by atoms with Crippen LogP contribution in [0.3, 0.4) is 0 Å². The number of benzene rings is 2. The summed E-state index contributed by atoms with van der Waals surface area (Å²) in [5, 5.41) is 4.09. The van der Waals surface area contributed by atoms with Gasteiger partial charge in [-0.15, -0.1) is 0 Å². The van der Waals surface area contributed by atoms with Crippen molar-refractivity contribution < 1.29 is 14.1 Å². The summed E-state index contributed by atoms with van der Waals surface area (Å²) in [7, 11) is 0. The summed E-state index contributed by atoms with van der Waals surface area (Å²) in [5.74, 6) is 2.01. The Balaban J connectivity index is 1.48. The third kappa shape index (κ3) is 4.06. The lowest BCUT2D eigenvalue weighted by molar-refractivity contribution is -0.135. The zero-order valence-electron chi connectivity index (χ0n) is 15.9. The summed E-state index contributed by atoms with van der Waals surface area (Å²) in [6.45, 7) is 3.79. The molecule has 0 spiro atoms. The van der Waals surface area contributed by atoms with Crippen molar-refractivity contribution in [2.45, 2.75) is 19.8 Å². The fourth-order valence-electron chi connectivity index (χ4n) is 3.45. The van der Waals surface area contributed by atoms with E-state index in [0.717, 1.165) is 25.1 Å². The second-order valence-corrected chi connectivity index (χ2v) is 7.16. The first-order valence-corrected chi connectivity index (χ1v) is 9.60. The van der Waals surface area contributed by atoms with Gasteiger partial charge >= 0.3 is 0 Å². The predicted octanol–water partition coefficient (Wildman–Crippen LogP) is 4.04. The topological polar surface area (TPSA) is 68.5 Å². The van der Waals surface area contributed by atoms with Crippen LogP contribution in [0, 0.1) is 5.92 Å². The summed E-state index contributed by atoms with van der Waals surface area (Å²) in [6, 6.07) is 17.0. The minimum absolute atomic E-state index is 0.00707. The van der Waals surface area contributed by atoms with Gasteiger partial charge in [0.1, 0.15) is 5.75 Å². The van der Waals surface area contributed by atoms with Crippen molar-refractivity contribution in [3.8, 4) is 28.6 Å². The summed E-state index contributed by atoms with van der Waals surface area (Å²) in [5.41, 5.74) is 1.56. The SMILES string of the molecule is CC1CCCN(C(=O)COc2ccccc2-c2noc(-c3ccccc3)n2)C1. The first-order chi connectivity index (χ1) is 13.7. The minimum Gasteiger partial charge on any atom is -0.483 e. The van der Waals surface area contributed by atoms with Gasteiger partial charge in [0, 0.05) is 18.7 Å². The molecule has 0 aliphatic carbocycles. The van der Waals surface area contributed by atoms with Crippen molar-refractivity contribution in [2.75, 3.05) is 19.7 Å². The molecule has 1 aliphatic heterocycles. The Bertz CT molecular complexity index is 939. The zero-order valence-corrected chi connectivity index (χ0v) is 15.9. The number of piperidine rings is 1. The molecule has 1 amide bonds. The summed E-state index contributed by atoms with van der Waals surface area (Å²) < 4.78 is 11.2. The molecule has 0 saturated carbocycles. The third-order valence-corrected chi connectivity index (χ3v) is 4.94. The summed E-state index contributed by atoms with van der Waals surface area (Å²) in [4.78, 5) is 18.9. The average Bonchev–Trinajstić information content (AvgIpc) is 3.23. The van der Waals surface area contributed by atoms with E-state index in [2.05, 4.69) is 17.1 Å². The largest absolute Gasteiger partial charge is 0.483 e. The van der Waals surface area contributed by atoms with Crippen LogP contribution in [0.2, 0.25) is 0 Å². The van der Waals surface area contributed by atoms with Gasteiger partial charge in [0.05, 0.1) is 5.56 Å². The number of amides is 1. The highest BCUT2D eigenvalue weighted by atomic mass is 16.5. The molecule has 6 heteroatoms. The van der Waals surface area contributed by atoms with Crippen molar-refractivity contribution >= 4 is 5.91 Å². The van der Waals surface area contributed by atoms with Crippen LogP contribution in [0.5, 0.6) is 5.75 Å². The van der Waals surface area contributed by atoms with Crippen LogP contribution in [0.4, 0.5) is 0 Å². The first-order valence-electron chi connectivity index (χ1n) is 9.60. The highest BCUT2D eigenvalue weighted by Crippen LogP contribution is 2.29. The molecule has 1 unspecified atom stereocenters. The number of rotatable bonds is 5. The fraction of sp³-hybridized carbons (Fsp3) is 0.318. The lowest BCUT2D eigenvalue weighted by Crippen LogP contribution is -2.41. The van der Waals surface area contributed by atoms with Gasteiger partial charge in [0.25, 0.3) is 11.8 Å². The number of para-hydroxylation sites is 1. The van der Waals surface area contributed by atoms with Gasteiger partial charge in [-0.1, -0.05) is 42.4 Å². The molecule has 1 fully saturated rings. The van der Waals surface area contributed by atoms with Crippen LogP contribution < -0.4 is 4.74 Å². The number of aromatic nitrogens is 2. The average molecular weight is 377 g/mol. The van der Waals surface area contributed by atoms with Crippen molar-refractivity contribution in [2.24, 2.45) is 5.92 Å². The molecule has 1 atom stereocenters. The van der Waals surface area contributed by atoms with Crippen LogP contribution in [0.25, 0.3) is 22.8 Å². The second-order valence-electron chi connectivity index (χ2n) is 7.16. The maximum Gasteiger partial charge on any atom is 0.260 e. The lowest BCUT2D eigenvalue weighted by atomic mass is 10.0. The monoisotopic (exact) mass is 377 g/mol. The number of likely N-dealkylation sites (tertiary alicyclic amines) is 1. The van der Waals surface area contributed by atoms with Crippen LogP contribution in [-0.4, -0.2) is 40.6 Å². The van der Waals surface area contributed by atoms with Crippen molar-refractivity contribution in [3.05, 3.63) is 54.6 Å². The van der Waals surface area contributed by atoms with E-state index >= 15 is 0 Å². The Kier molecular flexibility index (Phi) is 5.37. The molecule has 144 valence electrons. The molecule has 2 aromatic carbocycles. The molecule has 1 aliphatic rings. The molecule has 0 bridgehead atoms. The van der Waals surface area contributed by atoms with Gasteiger partial charge in [-0.3, -0.25) is 4.79 Å². The molecule has 1 aromatic heterocycles. The molecule has 3 aromatic rings. The second kappa shape index (κ2) is 8.25.